The van der Waals surface area contributed by atoms with Crippen LogP contribution in [0, 0.1) is 5.92 Å². The highest BCUT2D eigenvalue weighted by Crippen LogP contribution is 2.21. The normalized spacial score (nSPS) is 19.2. The van der Waals surface area contributed by atoms with Crippen molar-refractivity contribution in [1.82, 2.24) is 10.2 Å². The first-order chi connectivity index (χ1) is 10.6. The number of methoxy groups -OCH3 is 1. The second-order valence-electron chi connectivity index (χ2n) is 5.62. The number of carbonyl (C=O) groups is 1. The molecule has 2 N–H and O–H groups in total. The van der Waals surface area contributed by atoms with Crippen molar-refractivity contribution in [3.63, 3.8) is 0 Å². The van der Waals surface area contributed by atoms with Gasteiger partial charge in [0.2, 0.25) is 0 Å². The van der Waals surface area contributed by atoms with Crippen LogP contribution in [0.5, 0.6) is 0 Å². The highest BCUT2D eigenvalue weighted by molar-refractivity contribution is 6.30. The van der Waals surface area contributed by atoms with E-state index in [9.17, 15) is 9.90 Å². The van der Waals surface area contributed by atoms with Crippen molar-refractivity contribution in [2.75, 3.05) is 33.4 Å². The molecule has 0 radical (unpaired) electrons. The summed E-state index contributed by atoms with van der Waals surface area (Å²) in [6.45, 7) is 2.00. The Labute approximate surface area is 136 Å². The summed E-state index contributed by atoms with van der Waals surface area (Å²) in [5.41, 5.74) is 1.01. The van der Waals surface area contributed by atoms with Gasteiger partial charge in [0.05, 0.1) is 6.04 Å². The number of benzene rings is 1. The number of hydrogen-bond donors (Lipinski definition) is 2. The lowest BCUT2D eigenvalue weighted by molar-refractivity contribution is 0.174. The van der Waals surface area contributed by atoms with Crippen molar-refractivity contribution in [3.8, 4) is 0 Å². The highest BCUT2D eigenvalue weighted by Gasteiger charge is 2.27. The number of aliphatic hydroxyl groups is 1. The predicted octanol–water partition coefficient (Wildman–Crippen LogP) is 2.44. The molecule has 122 valence electrons. The molecule has 2 unspecified atom stereocenters. The lowest BCUT2D eigenvalue weighted by atomic mass is 10.0. The maximum Gasteiger partial charge on any atom is 0.317 e. The lowest BCUT2D eigenvalue weighted by Gasteiger charge is -2.24. The molecule has 5 nitrogen and oxygen atoms in total. The van der Waals surface area contributed by atoms with Gasteiger partial charge < -0.3 is 20.1 Å². The van der Waals surface area contributed by atoms with Crippen LogP contribution in [-0.2, 0) is 4.74 Å². The average Bonchev–Trinajstić information content (AvgIpc) is 3.01. The number of amides is 2. The Kier molecular flexibility index (Phi) is 6.49. The largest absolute Gasteiger partial charge is 0.396 e. The third kappa shape index (κ3) is 4.60. The highest BCUT2D eigenvalue weighted by atomic mass is 35.5. The van der Waals surface area contributed by atoms with E-state index < -0.39 is 0 Å². The molecule has 1 aromatic rings. The van der Waals surface area contributed by atoms with Gasteiger partial charge in [-0.25, -0.2) is 4.79 Å². The van der Waals surface area contributed by atoms with E-state index in [0.717, 1.165) is 12.0 Å². The van der Waals surface area contributed by atoms with Crippen LogP contribution in [0.3, 0.4) is 0 Å². The standard InChI is InChI=1S/C16H23ClN2O3/c1-22-9-7-15(13-2-4-14(17)5-3-13)18-16(21)19-8-6-12(10-19)11-20/h2-5,12,15,20H,6-11H2,1H3,(H,18,21). The number of likely N-dealkylation sites (tertiary alicyclic amines) is 1. The van der Waals surface area contributed by atoms with E-state index in [2.05, 4.69) is 5.32 Å². The minimum atomic E-state index is -0.113. The van der Waals surface area contributed by atoms with Crippen LogP contribution in [0.15, 0.2) is 24.3 Å². The molecular weight excluding hydrogens is 304 g/mol. The predicted molar refractivity (Wildman–Crippen MR) is 86.0 cm³/mol. The fourth-order valence-electron chi connectivity index (χ4n) is 2.66. The minimum Gasteiger partial charge on any atom is -0.396 e. The van der Waals surface area contributed by atoms with Crippen LogP contribution in [0.4, 0.5) is 4.79 Å². The number of carbonyl (C=O) groups excluding carboxylic acids is 1. The Morgan fingerprint density at radius 1 is 1.50 bits per heavy atom. The molecule has 0 aromatic heterocycles. The molecule has 22 heavy (non-hydrogen) atoms. The second-order valence-corrected chi connectivity index (χ2v) is 6.05. The van der Waals surface area contributed by atoms with E-state index >= 15 is 0 Å². The van der Waals surface area contributed by atoms with E-state index in [4.69, 9.17) is 16.3 Å². The van der Waals surface area contributed by atoms with Gasteiger partial charge in [-0.15, -0.1) is 0 Å². The van der Waals surface area contributed by atoms with Crippen LogP contribution >= 0.6 is 11.6 Å². The maximum atomic E-state index is 12.4. The summed E-state index contributed by atoms with van der Waals surface area (Å²) in [7, 11) is 1.65. The summed E-state index contributed by atoms with van der Waals surface area (Å²) in [5, 5.41) is 12.9. The SMILES string of the molecule is COCCC(NC(=O)N1CCC(CO)C1)c1ccc(Cl)cc1. The number of nitrogens with one attached hydrogen (secondary N) is 1. The van der Waals surface area contributed by atoms with Crippen LogP contribution in [0.2, 0.25) is 5.02 Å². The molecular formula is C16H23ClN2O3. The van der Waals surface area contributed by atoms with Crippen LogP contribution < -0.4 is 5.32 Å². The first kappa shape index (κ1) is 17.1. The zero-order chi connectivity index (χ0) is 15.9. The fraction of sp³-hybridized carbons (Fsp3) is 0.562. The molecule has 2 atom stereocenters. The Hall–Kier alpha value is -1.30. The molecule has 0 bridgehead atoms. The van der Waals surface area contributed by atoms with Gasteiger partial charge in [-0.1, -0.05) is 23.7 Å². The summed E-state index contributed by atoms with van der Waals surface area (Å²) in [6.07, 6.45) is 1.55. The number of urea groups is 1. The summed E-state index contributed by atoms with van der Waals surface area (Å²) < 4.78 is 5.14. The summed E-state index contributed by atoms with van der Waals surface area (Å²) in [5.74, 6) is 0.193. The lowest BCUT2D eigenvalue weighted by Crippen LogP contribution is -2.40. The maximum absolute atomic E-state index is 12.4. The Balaban J connectivity index is 2.00. The first-order valence-corrected chi connectivity index (χ1v) is 7.92. The third-order valence-electron chi connectivity index (χ3n) is 4.01. The van der Waals surface area contributed by atoms with E-state index in [-0.39, 0.29) is 24.6 Å². The molecule has 0 aliphatic carbocycles. The third-order valence-corrected chi connectivity index (χ3v) is 4.26. The van der Waals surface area contributed by atoms with Crippen molar-refractivity contribution in [3.05, 3.63) is 34.9 Å². The molecule has 1 heterocycles. The molecule has 2 rings (SSSR count). The van der Waals surface area contributed by atoms with Crippen LogP contribution in [0.25, 0.3) is 0 Å². The van der Waals surface area contributed by atoms with Gasteiger partial charge in [0.25, 0.3) is 0 Å². The monoisotopic (exact) mass is 326 g/mol. The number of nitrogens with zero attached hydrogens (tertiary/aromatic N) is 1. The van der Waals surface area contributed by atoms with E-state index in [1.54, 1.807) is 12.0 Å². The van der Waals surface area contributed by atoms with Crippen molar-refractivity contribution in [2.24, 2.45) is 5.92 Å². The Morgan fingerprint density at radius 2 is 2.23 bits per heavy atom. The fourth-order valence-corrected chi connectivity index (χ4v) is 2.79. The number of rotatable bonds is 6. The number of ether oxygens (including phenoxy) is 1. The van der Waals surface area contributed by atoms with Crippen molar-refractivity contribution < 1.29 is 14.6 Å². The van der Waals surface area contributed by atoms with Gasteiger partial charge in [-0.2, -0.15) is 0 Å². The van der Waals surface area contributed by atoms with E-state index in [0.29, 0.717) is 31.1 Å². The Bertz CT molecular complexity index is 481. The zero-order valence-corrected chi connectivity index (χ0v) is 13.6. The van der Waals surface area contributed by atoms with Crippen LogP contribution in [0.1, 0.15) is 24.4 Å². The Morgan fingerprint density at radius 3 is 2.82 bits per heavy atom. The van der Waals surface area contributed by atoms with Crippen molar-refractivity contribution >= 4 is 17.6 Å². The average molecular weight is 327 g/mol. The number of aliphatic hydroxyl groups excluding tert-OH is 1. The van der Waals surface area contributed by atoms with Gasteiger partial charge >= 0.3 is 6.03 Å². The molecule has 6 heteroatoms. The van der Waals surface area contributed by atoms with Gasteiger partial charge in [-0.3, -0.25) is 0 Å². The first-order valence-electron chi connectivity index (χ1n) is 7.54. The molecule has 2 amide bonds. The van der Waals surface area contributed by atoms with Gasteiger partial charge in [0.1, 0.15) is 0 Å². The van der Waals surface area contributed by atoms with Crippen molar-refractivity contribution in [2.45, 2.75) is 18.9 Å². The quantitative estimate of drug-likeness (QED) is 0.844. The zero-order valence-electron chi connectivity index (χ0n) is 12.8. The molecule has 1 aliphatic rings. The second kappa shape index (κ2) is 8.36. The summed E-state index contributed by atoms with van der Waals surface area (Å²) in [6, 6.07) is 7.28. The smallest absolute Gasteiger partial charge is 0.317 e. The molecule has 0 spiro atoms. The van der Waals surface area contributed by atoms with Crippen molar-refractivity contribution in [1.29, 1.82) is 0 Å². The van der Waals surface area contributed by atoms with Gasteiger partial charge in [0, 0.05) is 44.4 Å². The minimum absolute atomic E-state index is 0.0907. The molecule has 1 aromatic carbocycles. The van der Waals surface area contributed by atoms with E-state index in [1.165, 1.54) is 0 Å². The van der Waals surface area contributed by atoms with Gasteiger partial charge in [-0.05, 0) is 30.5 Å². The van der Waals surface area contributed by atoms with Crippen LogP contribution in [-0.4, -0.2) is 49.5 Å². The summed E-state index contributed by atoms with van der Waals surface area (Å²) in [4.78, 5) is 14.1. The topological polar surface area (TPSA) is 61.8 Å². The van der Waals surface area contributed by atoms with E-state index in [1.807, 2.05) is 24.3 Å². The molecule has 1 fully saturated rings. The molecule has 1 saturated heterocycles. The number of hydrogen-bond acceptors (Lipinski definition) is 3. The molecule has 1 aliphatic heterocycles. The van der Waals surface area contributed by atoms with Gasteiger partial charge in [0.15, 0.2) is 0 Å². The summed E-state index contributed by atoms with van der Waals surface area (Å²) >= 11 is 5.92. The molecule has 0 saturated carbocycles. The number of halogens is 1.